The molecule has 11 saturated carbocycles. The van der Waals surface area contributed by atoms with Gasteiger partial charge in [0, 0.05) is 0 Å². The summed E-state index contributed by atoms with van der Waals surface area (Å²) in [6.45, 7) is 163. The number of hydrogen-bond acceptors (Lipinski definition) is 0. The molecule has 11 aliphatic rings. The highest BCUT2D eigenvalue weighted by atomic mass is 14.5. The fourth-order valence-electron chi connectivity index (χ4n) is 16.7. The van der Waals surface area contributed by atoms with Gasteiger partial charge in [-0.2, -0.15) is 0 Å². The van der Waals surface area contributed by atoms with Crippen molar-refractivity contribution in [2.24, 2.45) is 235 Å². The molecule has 0 aromatic heterocycles. The van der Waals surface area contributed by atoms with Gasteiger partial charge in [0.15, 0.2) is 0 Å². The van der Waals surface area contributed by atoms with Crippen LogP contribution >= 0.6 is 0 Å². The highest BCUT2D eigenvalue weighted by molar-refractivity contribution is 5.00. The van der Waals surface area contributed by atoms with Crippen LogP contribution in [0.1, 0.15) is 652 Å². The Kier molecular flexibility index (Phi) is 70.6. The second kappa shape index (κ2) is 64.5. The van der Waals surface area contributed by atoms with E-state index in [0.29, 0.717) is 81.2 Å². The molecule has 0 amide bonds. The molecule has 0 N–H and O–H groups in total. The predicted octanol–water partition coefficient (Wildman–Crippen LogP) is 49.3. The van der Waals surface area contributed by atoms with Crippen molar-refractivity contribution in [3.63, 3.8) is 0 Å². The zero-order valence-corrected chi connectivity index (χ0v) is 111. The molecular formula is C137H288. The van der Waals surface area contributed by atoms with Gasteiger partial charge >= 0.3 is 0 Å². The van der Waals surface area contributed by atoms with Crippen LogP contribution < -0.4 is 0 Å². The van der Waals surface area contributed by atoms with Gasteiger partial charge in [0.1, 0.15) is 0 Å². The molecule has 12 atom stereocenters. The van der Waals surface area contributed by atoms with Gasteiger partial charge in [-0.3, -0.25) is 0 Å². The normalized spacial score (nSPS) is 26.2. The monoisotopic (exact) mass is 1930 g/mol. The Morgan fingerprint density at radius 3 is 0.606 bits per heavy atom. The van der Waals surface area contributed by atoms with E-state index in [1.165, 1.54) is 153 Å². The molecule has 137 heavy (non-hydrogen) atoms. The largest absolute Gasteiger partial charge is 0.0651 e. The summed E-state index contributed by atoms with van der Waals surface area (Å²) in [7, 11) is 0. The van der Waals surface area contributed by atoms with Crippen LogP contribution in [0.4, 0.5) is 0 Å². The molecule has 0 heterocycles. The molecule has 0 aliphatic heterocycles. The second-order valence-corrected chi connectivity index (χ2v) is 65.4. The van der Waals surface area contributed by atoms with Gasteiger partial charge in [0.2, 0.25) is 0 Å². The van der Waals surface area contributed by atoms with Gasteiger partial charge in [0.05, 0.1) is 0 Å². The Morgan fingerprint density at radius 2 is 0.584 bits per heavy atom. The van der Waals surface area contributed by atoms with Crippen molar-refractivity contribution in [3.8, 4) is 0 Å². The molecular weight excluding hydrogens is 1650 g/mol. The van der Waals surface area contributed by atoms with Crippen LogP contribution in [0.2, 0.25) is 0 Å². The summed E-state index contributed by atoms with van der Waals surface area (Å²) in [5, 5.41) is 0. The molecule has 11 fully saturated rings. The molecule has 11 aliphatic carbocycles. The van der Waals surface area contributed by atoms with Crippen LogP contribution in [0.3, 0.4) is 0 Å². The first-order valence-corrected chi connectivity index (χ1v) is 60.6. The topological polar surface area (TPSA) is 0 Å². The first kappa shape index (κ1) is 150. The standard InChI is InChI=1S/2C9H20.7C8H18.2C7H12.7C7H14/c1-7-9(5,6)8(2,3)4;1-7(2)9(5,6)8(3)4;3*1-7(2,3)8(4,5)6;2*1-6-7(2)8(3,4)5;1-6-8(4,5)7(2)3;1-6(2)8(5)7(3)4;1-7(4-5-7)6-2-3-6;1-5-4-7(5)6-2-3-6;2*1-6-4-7(2,3)5-6;1-6-4-5-7(6,2)3;2*1-5-4-6(2)7(5)3;1-3-7-4-6(2)5-7;1-3-7-5-4-6(7)2/h7H2,1-6H3;7-8H,1-6H3;3*1-6H3;3*7H,6H2,1-5H3;6-8H,1-5H3;6H,2-5H2,1H3;5-7H,2-4H2,1H3;3*6H,4-5H2,1-3H3;2*5-7H,4H2,1-3H3;2*6-7H,3-5H2,1-2H3/t;;;;;7-;;;;;5-,7?;;;;5-,6?,7?;;;/m.....1....0...0.../s1. The quantitative estimate of drug-likeness (QED) is 0.172. The van der Waals surface area contributed by atoms with Gasteiger partial charge < -0.3 is 0 Å². The molecule has 0 aromatic carbocycles. The highest BCUT2D eigenvalue weighted by Gasteiger charge is 2.50. The zero-order chi connectivity index (χ0) is 111. The minimum atomic E-state index is 0.437. The first-order chi connectivity index (χ1) is 60.6. The average Bonchev–Trinajstić information content (AvgIpc) is 1.61. The SMILES string of the molecule is CC(C)(C)C(C)(C)C.CC(C)(C)C(C)(C)C.CC(C)(C)C(C)(C)C.CC(C)C(C)(C)C(C)C.CC(C)C(C)C(C)C.CC1(C2CC2)CC1.CC1CC(C)(C)C1.CC1CC(C)(C)C1.CC1CC(C)C1C.CC1CCC1(C)C.CC1C[C@H](C)C1C.CCC(C)(C)C(C)(C)C.CCC(C)(C)C(C)C.CCC(C)C(C)(C)C.CCC1CC(C)C1.CCC1CCC1C.CC[C@@H](C)C(C)(C)C.C[C@H]1CC1C1CC1. The Balaban J connectivity index is -0.000000261. The van der Waals surface area contributed by atoms with E-state index in [2.05, 4.69) is 492 Å². The van der Waals surface area contributed by atoms with Crippen LogP contribution in [-0.4, -0.2) is 0 Å². The Hall–Kier alpha value is 0. The molecule has 9 unspecified atom stereocenters. The molecule has 836 valence electrons. The molecule has 0 aromatic rings. The van der Waals surface area contributed by atoms with Crippen LogP contribution in [0.25, 0.3) is 0 Å². The highest BCUT2D eigenvalue weighted by Crippen LogP contribution is 2.61. The van der Waals surface area contributed by atoms with Crippen LogP contribution in [-0.2, 0) is 0 Å². The third-order valence-corrected chi connectivity index (χ3v) is 42.0. The van der Waals surface area contributed by atoms with E-state index in [-0.39, 0.29) is 0 Å². The van der Waals surface area contributed by atoms with E-state index in [0.717, 1.165) is 142 Å². The van der Waals surface area contributed by atoms with Gasteiger partial charge in [-0.05, 0) is 350 Å². The number of rotatable bonds is 13. The third-order valence-electron chi connectivity index (χ3n) is 42.0. The Bertz CT molecular complexity index is 2620. The van der Waals surface area contributed by atoms with E-state index in [1.54, 1.807) is 19.3 Å². The lowest BCUT2D eigenvalue weighted by Crippen LogP contribution is -2.31. The van der Waals surface area contributed by atoms with Crippen molar-refractivity contribution in [1.29, 1.82) is 0 Å². The minimum Gasteiger partial charge on any atom is -0.0651 e. The van der Waals surface area contributed by atoms with E-state index < -0.39 is 0 Å². The van der Waals surface area contributed by atoms with E-state index >= 15 is 0 Å². The summed E-state index contributed by atoms with van der Waals surface area (Å²) >= 11 is 0. The van der Waals surface area contributed by atoms with Crippen molar-refractivity contribution in [2.75, 3.05) is 0 Å². The minimum absolute atomic E-state index is 0.437. The van der Waals surface area contributed by atoms with E-state index in [9.17, 15) is 0 Å². The molecule has 0 saturated heterocycles. The summed E-state index contributed by atoms with van der Waals surface area (Å²) in [5.74, 6) is 24.6. The van der Waals surface area contributed by atoms with Gasteiger partial charge in [-0.25, -0.2) is 0 Å². The van der Waals surface area contributed by atoms with Gasteiger partial charge in [-0.15, -0.1) is 0 Å². The molecule has 0 radical (unpaired) electrons. The van der Waals surface area contributed by atoms with Crippen molar-refractivity contribution < 1.29 is 0 Å². The van der Waals surface area contributed by atoms with Crippen molar-refractivity contribution in [2.45, 2.75) is 652 Å². The molecule has 0 nitrogen and oxygen atoms in total. The van der Waals surface area contributed by atoms with E-state index in [1.807, 2.05) is 0 Å². The van der Waals surface area contributed by atoms with Crippen LogP contribution in [0.5, 0.6) is 0 Å². The smallest absolute Gasteiger partial charge is 0.0297 e. The fourth-order valence-corrected chi connectivity index (χ4v) is 16.7. The van der Waals surface area contributed by atoms with E-state index in [4.69, 9.17) is 0 Å². The summed E-state index contributed by atoms with van der Waals surface area (Å²) in [5.41, 5.74) is 8.54. The third kappa shape index (κ3) is 69.1. The second-order valence-electron chi connectivity index (χ2n) is 65.4. The van der Waals surface area contributed by atoms with Crippen LogP contribution in [0.15, 0.2) is 0 Å². The number of hydrogen-bond donors (Lipinski definition) is 0. The van der Waals surface area contributed by atoms with Crippen LogP contribution in [0, 0.1) is 235 Å². The summed E-state index contributed by atoms with van der Waals surface area (Å²) in [6, 6.07) is 0. The summed E-state index contributed by atoms with van der Waals surface area (Å²) in [6.07, 6.45) is 36.3. The van der Waals surface area contributed by atoms with Gasteiger partial charge in [0.25, 0.3) is 0 Å². The zero-order valence-electron chi connectivity index (χ0n) is 111. The lowest BCUT2D eigenvalue weighted by atomic mass is 9.64. The summed E-state index contributed by atoms with van der Waals surface area (Å²) < 4.78 is 0. The molecule has 11 rings (SSSR count). The van der Waals surface area contributed by atoms with Crippen molar-refractivity contribution >= 4 is 0 Å². The molecule has 0 spiro atoms. The maximum absolute atomic E-state index is 2.44. The maximum Gasteiger partial charge on any atom is -0.0297 e. The Morgan fingerprint density at radius 1 is 0.292 bits per heavy atom. The maximum atomic E-state index is 2.44. The lowest BCUT2D eigenvalue weighted by molar-refractivity contribution is 0.0892. The van der Waals surface area contributed by atoms with Crippen molar-refractivity contribution in [3.05, 3.63) is 0 Å². The molecule has 0 heteroatoms. The Labute approximate surface area is 880 Å². The fraction of sp³-hybridized carbons (Fsp3) is 1.00. The van der Waals surface area contributed by atoms with Gasteiger partial charge in [-0.1, -0.05) is 537 Å². The average molecular weight is 1940 g/mol. The predicted molar refractivity (Wildman–Crippen MR) is 644 cm³/mol. The summed E-state index contributed by atoms with van der Waals surface area (Å²) in [4.78, 5) is 0. The first-order valence-electron chi connectivity index (χ1n) is 60.6. The molecule has 0 bridgehead atoms. The van der Waals surface area contributed by atoms with Crippen molar-refractivity contribution in [1.82, 2.24) is 0 Å². The lowest BCUT2D eigenvalue weighted by Gasteiger charge is -2.42.